The summed E-state index contributed by atoms with van der Waals surface area (Å²) in [6.07, 6.45) is 6.80. The molecule has 0 unspecified atom stereocenters. The molecule has 0 aromatic carbocycles. The fourth-order valence-electron chi connectivity index (χ4n) is 2.56. The van der Waals surface area contributed by atoms with Crippen LogP contribution in [0.5, 0.6) is 0 Å². The molecule has 0 aliphatic heterocycles. The lowest BCUT2D eigenvalue weighted by Gasteiger charge is -2.32. The van der Waals surface area contributed by atoms with Crippen LogP contribution in [0.15, 0.2) is 23.4 Å². The summed E-state index contributed by atoms with van der Waals surface area (Å²) in [5.74, 6) is 0.691. The number of nitrogen functional groups attached to an aromatic ring is 1. The Balaban J connectivity index is 2.23. The molecule has 2 rings (SSSR count). The third-order valence-electron chi connectivity index (χ3n) is 3.97. The summed E-state index contributed by atoms with van der Waals surface area (Å²) >= 11 is 0. The molecule has 106 valence electrons. The molecule has 0 radical (unpaired) electrons. The molecule has 1 heterocycles. The number of pyridine rings is 1. The normalized spacial score (nSPS) is 24.6. The zero-order chi connectivity index (χ0) is 14.0. The average Bonchev–Trinajstić information content (AvgIpc) is 2.39. The molecule has 0 atom stereocenters. The van der Waals surface area contributed by atoms with Crippen molar-refractivity contribution in [3.63, 3.8) is 0 Å². The molecular formula is C13H21N3O2S. The first-order valence-electron chi connectivity index (χ1n) is 6.60. The highest BCUT2D eigenvalue weighted by Crippen LogP contribution is 2.30. The van der Waals surface area contributed by atoms with E-state index < -0.39 is 10.0 Å². The van der Waals surface area contributed by atoms with Gasteiger partial charge in [0.25, 0.3) is 0 Å². The quantitative estimate of drug-likeness (QED) is 0.918. The minimum Gasteiger partial charge on any atom is -0.398 e. The molecule has 0 amide bonds. The van der Waals surface area contributed by atoms with Crippen LogP contribution in [-0.2, 0) is 10.0 Å². The molecular weight excluding hydrogens is 262 g/mol. The van der Waals surface area contributed by atoms with Crippen LogP contribution in [0.25, 0.3) is 0 Å². The summed E-state index contributed by atoms with van der Waals surface area (Å²) in [6.45, 7) is 2.21. The number of nitrogens with two attached hydrogens (primary N) is 1. The van der Waals surface area contributed by atoms with Gasteiger partial charge in [0.15, 0.2) is 0 Å². The summed E-state index contributed by atoms with van der Waals surface area (Å²) in [6, 6.07) is 1.59. The van der Waals surface area contributed by atoms with E-state index in [2.05, 4.69) is 11.9 Å². The first-order valence-corrected chi connectivity index (χ1v) is 8.04. The SMILES string of the molecule is CC1CCC(N(C)S(=O)(=O)c2cnccc2N)CC1. The third kappa shape index (κ3) is 2.90. The van der Waals surface area contributed by atoms with Crippen molar-refractivity contribution in [3.05, 3.63) is 18.5 Å². The van der Waals surface area contributed by atoms with Crippen LogP contribution in [0.1, 0.15) is 32.6 Å². The molecule has 1 fully saturated rings. The van der Waals surface area contributed by atoms with E-state index in [9.17, 15) is 8.42 Å². The fraction of sp³-hybridized carbons (Fsp3) is 0.615. The van der Waals surface area contributed by atoms with E-state index in [1.807, 2.05) is 0 Å². The van der Waals surface area contributed by atoms with Gasteiger partial charge in [-0.15, -0.1) is 0 Å². The average molecular weight is 283 g/mol. The zero-order valence-electron chi connectivity index (χ0n) is 11.4. The van der Waals surface area contributed by atoms with Gasteiger partial charge in [-0.3, -0.25) is 4.98 Å². The third-order valence-corrected chi connectivity index (χ3v) is 5.93. The lowest BCUT2D eigenvalue weighted by atomic mass is 9.87. The van der Waals surface area contributed by atoms with E-state index in [1.165, 1.54) is 22.8 Å². The summed E-state index contributed by atoms with van der Waals surface area (Å²) in [5, 5.41) is 0. The Morgan fingerprint density at radius 1 is 1.32 bits per heavy atom. The van der Waals surface area contributed by atoms with Crippen molar-refractivity contribution in [3.8, 4) is 0 Å². The van der Waals surface area contributed by atoms with E-state index in [4.69, 9.17) is 5.73 Å². The van der Waals surface area contributed by atoms with Crippen LogP contribution >= 0.6 is 0 Å². The van der Waals surface area contributed by atoms with E-state index in [-0.39, 0.29) is 16.6 Å². The second-order valence-electron chi connectivity index (χ2n) is 5.35. The van der Waals surface area contributed by atoms with E-state index in [0.717, 1.165) is 25.7 Å². The van der Waals surface area contributed by atoms with Crippen LogP contribution in [0, 0.1) is 5.92 Å². The molecule has 1 aromatic rings. The Labute approximate surface area is 114 Å². The highest BCUT2D eigenvalue weighted by Gasteiger charge is 2.31. The van der Waals surface area contributed by atoms with Gasteiger partial charge in [0.05, 0.1) is 5.69 Å². The van der Waals surface area contributed by atoms with Crippen molar-refractivity contribution in [2.45, 2.75) is 43.5 Å². The molecule has 1 aromatic heterocycles. The number of hydrogen-bond acceptors (Lipinski definition) is 4. The smallest absolute Gasteiger partial charge is 0.246 e. The molecule has 1 aliphatic rings. The number of hydrogen-bond donors (Lipinski definition) is 1. The Hall–Kier alpha value is -1.14. The van der Waals surface area contributed by atoms with Gasteiger partial charge in [0.1, 0.15) is 4.90 Å². The maximum atomic E-state index is 12.5. The predicted molar refractivity (Wildman–Crippen MR) is 75.0 cm³/mol. The van der Waals surface area contributed by atoms with E-state index in [1.54, 1.807) is 7.05 Å². The Morgan fingerprint density at radius 3 is 2.53 bits per heavy atom. The molecule has 1 aliphatic carbocycles. The Morgan fingerprint density at radius 2 is 1.95 bits per heavy atom. The summed E-state index contributed by atoms with van der Waals surface area (Å²) in [5.41, 5.74) is 6.01. The van der Waals surface area contributed by atoms with Gasteiger partial charge in [0, 0.05) is 25.5 Å². The highest BCUT2D eigenvalue weighted by atomic mass is 32.2. The molecule has 1 saturated carbocycles. The minimum atomic E-state index is -3.54. The summed E-state index contributed by atoms with van der Waals surface area (Å²) in [7, 11) is -1.90. The maximum Gasteiger partial charge on any atom is 0.246 e. The van der Waals surface area contributed by atoms with Gasteiger partial charge in [0.2, 0.25) is 10.0 Å². The largest absolute Gasteiger partial charge is 0.398 e. The monoisotopic (exact) mass is 283 g/mol. The molecule has 0 spiro atoms. The van der Waals surface area contributed by atoms with Gasteiger partial charge < -0.3 is 5.73 Å². The second-order valence-corrected chi connectivity index (χ2v) is 7.31. The highest BCUT2D eigenvalue weighted by molar-refractivity contribution is 7.89. The number of aromatic nitrogens is 1. The minimum absolute atomic E-state index is 0.0702. The predicted octanol–water partition coefficient (Wildman–Crippen LogP) is 1.86. The second kappa shape index (κ2) is 5.46. The fourth-order valence-corrected chi connectivity index (χ4v) is 4.04. The van der Waals surface area contributed by atoms with Crippen LogP contribution < -0.4 is 5.73 Å². The molecule has 0 bridgehead atoms. The number of rotatable bonds is 3. The van der Waals surface area contributed by atoms with Crippen molar-refractivity contribution >= 4 is 15.7 Å². The Bertz CT molecular complexity index is 537. The van der Waals surface area contributed by atoms with Crippen LogP contribution in [0.3, 0.4) is 0 Å². The number of sulfonamides is 1. The summed E-state index contributed by atoms with van der Waals surface area (Å²) in [4.78, 5) is 3.97. The van der Waals surface area contributed by atoms with Crippen molar-refractivity contribution in [1.29, 1.82) is 0 Å². The van der Waals surface area contributed by atoms with Crippen molar-refractivity contribution in [2.24, 2.45) is 5.92 Å². The summed E-state index contributed by atoms with van der Waals surface area (Å²) < 4.78 is 26.5. The van der Waals surface area contributed by atoms with Gasteiger partial charge in [-0.1, -0.05) is 6.92 Å². The van der Waals surface area contributed by atoms with Gasteiger partial charge in [-0.05, 0) is 37.7 Å². The van der Waals surface area contributed by atoms with Crippen molar-refractivity contribution in [2.75, 3.05) is 12.8 Å². The first kappa shape index (κ1) is 14.3. The van der Waals surface area contributed by atoms with Gasteiger partial charge in [-0.25, -0.2) is 8.42 Å². The van der Waals surface area contributed by atoms with Crippen LogP contribution in [-0.4, -0.2) is 30.8 Å². The Kier molecular flexibility index (Phi) is 4.10. The lowest BCUT2D eigenvalue weighted by molar-refractivity contribution is 0.246. The van der Waals surface area contributed by atoms with Gasteiger partial charge in [-0.2, -0.15) is 4.31 Å². The van der Waals surface area contributed by atoms with E-state index >= 15 is 0 Å². The standard InChI is InChI=1S/C13H21N3O2S/c1-10-3-5-11(6-4-10)16(2)19(17,18)13-9-15-8-7-12(13)14/h7-11H,3-6H2,1-2H3,(H2,14,15). The number of nitrogens with zero attached hydrogens (tertiary/aromatic N) is 2. The van der Waals surface area contributed by atoms with Crippen LogP contribution in [0.4, 0.5) is 5.69 Å². The lowest BCUT2D eigenvalue weighted by Crippen LogP contribution is -2.39. The molecule has 0 saturated heterocycles. The maximum absolute atomic E-state index is 12.5. The zero-order valence-corrected chi connectivity index (χ0v) is 12.2. The molecule has 6 heteroatoms. The van der Waals surface area contributed by atoms with E-state index in [0.29, 0.717) is 5.92 Å². The van der Waals surface area contributed by atoms with Crippen molar-refractivity contribution in [1.82, 2.24) is 9.29 Å². The molecule has 19 heavy (non-hydrogen) atoms. The van der Waals surface area contributed by atoms with Crippen LogP contribution in [0.2, 0.25) is 0 Å². The number of anilines is 1. The van der Waals surface area contributed by atoms with Crippen molar-refractivity contribution < 1.29 is 8.42 Å². The molecule has 5 nitrogen and oxygen atoms in total. The first-order chi connectivity index (χ1) is 8.93. The van der Waals surface area contributed by atoms with Gasteiger partial charge >= 0.3 is 0 Å². The molecule has 2 N–H and O–H groups in total. The topological polar surface area (TPSA) is 76.3 Å².